The van der Waals surface area contributed by atoms with Crippen molar-refractivity contribution in [2.75, 3.05) is 0 Å². The fourth-order valence-electron chi connectivity index (χ4n) is 19.4. The van der Waals surface area contributed by atoms with Gasteiger partial charge < -0.3 is 32.0 Å². The highest BCUT2D eigenvalue weighted by atomic mass is 15.1. The summed E-state index contributed by atoms with van der Waals surface area (Å²) in [5.41, 5.74) is 30.0. The largest absolute Gasteiger partial charge is 0.312 e. The number of hydrogen-bond acceptors (Lipinski definition) is 0. The van der Waals surface area contributed by atoms with Gasteiger partial charge in [-0.05, 0) is 169 Å². The molecule has 0 amide bonds. The molecule has 0 saturated heterocycles. The van der Waals surface area contributed by atoms with E-state index >= 15 is 0 Å². The number of benzene rings is 16. The maximum absolute atomic E-state index is 2.57. The van der Waals surface area contributed by atoms with Crippen LogP contribution in [-0.4, -0.2) is 32.0 Å². The molecule has 7 heterocycles. The molecule has 0 unspecified atom stereocenters. The van der Waals surface area contributed by atoms with Crippen molar-refractivity contribution in [2.45, 2.75) is 12.8 Å². The van der Waals surface area contributed by atoms with Gasteiger partial charge in [-0.25, -0.2) is 0 Å². The molecule has 1 aliphatic carbocycles. The number of fused-ring (bicyclic) bond motifs is 21. The van der Waals surface area contributed by atoms with Gasteiger partial charge in [0.2, 0.25) is 0 Å². The first-order valence-corrected chi connectivity index (χ1v) is 37.9. The molecule has 24 rings (SSSR count). The standard InChI is InChI=1S/C102H65N7/c1-12-41-84-73(29-1)74-30-2-13-42-85(74)103(84)67-58-66(59-68(60-67)105-93-50-21-10-38-82(93)101-96(105)53-25-55-98(101)108-88-45-16-5-33-77(88)78-34-6-17-46-89(78)108)64-27-23-28-65(57-64)72-40-24-52-95-100(72)81-37-9-20-49-92(81)106(95)70-61-69(104-86-43-14-3-31-75(86)76-32-4-15-44-87(76)104)62-71(63-70)107-94-51-22-11-39-83(94)102-97(107)54-26-56-99(102)109-90-47-18-7-35-79(90)80-36-8-19-48-91(80)109/h1-18,20-47,49-63H,19,48H2. The van der Waals surface area contributed by atoms with Gasteiger partial charge in [0.1, 0.15) is 0 Å². The molecule has 7 nitrogen and oxygen atoms in total. The Hall–Kier alpha value is -14.4. The summed E-state index contributed by atoms with van der Waals surface area (Å²) in [5.74, 6) is 0. The average molecular weight is 1390 g/mol. The topological polar surface area (TPSA) is 34.5 Å². The average Bonchev–Trinajstić information content (AvgIpc) is 1.56. The van der Waals surface area contributed by atoms with E-state index in [1.807, 2.05) is 0 Å². The molecule has 7 heteroatoms. The van der Waals surface area contributed by atoms with Gasteiger partial charge in [-0.1, -0.05) is 237 Å². The third kappa shape index (κ3) is 8.58. The summed E-state index contributed by atoms with van der Waals surface area (Å²) in [4.78, 5) is 0. The predicted molar refractivity (Wildman–Crippen MR) is 458 cm³/mol. The first kappa shape index (κ1) is 59.9. The molecule has 0 bridgehead atoms. The van der Waals surface area contributed by atoms with E-state index in [2.05, 4.69) is 402 Å². The lowest BCUT2D eigenvalue weighted by Crippen LogP contribution is -2.04. The van der Waals surface area contributed by atoms with Gasteiger partial charge >= 0.3 is 0 Å². The zero-order chi connectivity index (χ0) is 71.1. The van der Waals surface area contributed by atoms with Crippen LogP contribution in [0, 0.1) is 0 Å². The van der Waals surface area contributed by atoms with Crippen LogP contribution in [0.25, 0.3) is 210 Å². The first-order chi connectivity index (χ1) is 54.1. The molecule has 0 radical (unpaired) electrons. The van der Waals surface area contributed by atoms with E-state index in [0.717, 1.165) is 124 Å². The highest BCUT2D eigenvalue weighted by Gasteiger charge is 2.27. The van der Waals surface area contributed by atoms with E-state index < -0.39 is 0 Å². The molecule has 0 N–H and O–H groups in total. The van der Waals surface area contributed by atoms with Crippen LogP contribution in [0.3, 0.4) is 0 Å². The molecule has 0 saturated carbocycles. The monoisotopic (exact) mass is 1390 g/mol. The number of rotatable bonds is 9. The van der Waals surface area contributed by atoms with Gasteiger partial charge in [0, 0.05) is 92.7 Å². The predicted octanol–water partition coefficient (Wildman–Crippen LogP) is 26.5. The van der Waals surface area contributed by atoms with Crippen LogP contribution in [0.15, 0.2) is 364 Å². The van der Waals surface area contributed by atoms with Gasteiger partial charge in [-0.3, -0.25) is 0 Å². The Bertz CT molecular complexity index is 7720. The molecule has 7 aromatic heterocycles. The van der Waals surface area contributed by atoms with Crippen LogP contribution in [-0.2, 0) is 6.42 Å². The zero-order valence-corrected chi connectivity index (χ0v) is 59.3. The Morgan fingerprint density at radius 3 is 0.917 bits per heavy atom. The molecule has 109 heavy (non-hydrogen) atoms. The molecule has 0 fully saturated rings. The summed E-state index contributed by atoms with van der Waals surface area (Å²) in [5, 5.41) is 15.9. The van der Waals surface area contributed by atoms with Crippen molar-refractivity contribution >= 4 is 148 Å². The smallest absolute Gasteiger partial charge is 0.0562 e. The van der Waals surface area contributed by atoms with Crippen molar-refractivity contribution in [3.8, 4) is 62.1 Å². The Balaban J connectivity index is 0.726. The molecular formula is C102H65N7. The molecule has 0 aliphatic heterocycles. The lowest BCUT2D eigenvalue weighted by atomic mass is 9.95. The van der Waals surface area contributed by atoms with E-state index in [0.29, 0.717) is 0 Å². The molecule has 508 valence electrons. The minimum absolute atomic E-state index is 0.975. The number of nitrogens with zero attached hydrogens (tertiary/aromatic N) is 7. The number of aromatic nitrogens is 7. The van der Waals surface area contributed by atoms with Crippen LogP contribution in [0.2, 0.25) is 0 Å². The Morgan fingerprint density at radius 1 is 0.193 bits per heavy atom. The lowest BCUT2D eigenvalue weighted by Gasteiger charge is -2.18. The molecule has 0 spiro atoms. The second-order valence-electron chi connectivity index (χ2n) is 29.4. The number of allylic oxidation sites excluding steroid dienone is 1. The Labute approximate surface area is 626 Å². The second kappa shape index (κ2) is 23.1. The summed E-state index contributed by atoms with van der Waals surface area (Å²) in [6, 6.07) is 134. The van der Waals surface area contributed by atoms with Crippen LogP contribution in [0.1, 0.15) is 17.7 Å². The molecule has 0 atom stereocenters. The summed E-state index contributed by atoms with van der Waals surface area (Å²) in [6.07, 6.45) is 6.67. The SMILES string of the molecule is C1=Cc2c(n(-c3cccc4c3c3ccccc3n4-c3cc(-n4c5ccccc5c5ccccc54)cc(-n4c5ccccc5c5c(-c6cccc(-c7cc(-n8c9ccccc9c9ccccc98)cc(-n8c9ccccc9c9c(-n%10c%11ccccc%11c%11ccccc%11%10)cccc98)c7)c6)cccc54)c3)c3ccccc23)CC1. The van der Waals surface area contributed by atoms with Gasteiger partial charge in [0.15, 0.2) is 0 Å². The first-order valence-electron chi connectivity index (χ1n) is 37.9. The molecule has 23 aromatic rings. The van der Waals surface area contributed by atoms with E-state index in [1.54, 1.807) is 0 Å². The number of hydrogen-bond donors (Lipinski definition) is 0. The van der Waals surface area contributed by atoms with Crippen LogP contribution >= 0.6 is 0 Å². The summed E-state index contributed by atoms with van der Waals surface area (Å²) in [6.45, 7) is 0. The van der Waals surface area contributed by atoms with Crippen molar-refractivity contribution in [2.24, 2.45) is 0 Å². The Kier molecular flexibility index (Phi) is 12.7. The van der Waals surface area contributed by atoms with E-state index in [9.17, 15) is 0 Å². The third-order valence-corrected chi connectivity index (χ3v) is 23.7. The van der Waals surface area contributed by atoms with Crippen LogP contribution in [0.5, 0.6) is 0 Å². The summed E-state index contributed by atoms with van der Waals surface area (Å²) in [7, 11) is 0. The number of para-hydroxylation sites is 10. The fourth-order valence-corrected chi connectivity index (χ4v) is 19.4. The highest BCUT2D eigenvalue weighted by Crippen LogP contribution is 2.48. The highest BCUT2D eigenvalue weighted by molar-refractivity contribution is 6.20. The van der Waals surface area contributed by atoms with Gasteiger partial charge in [0.05, 0.1) is 100 Å². The maximum Gasteiger partial charge on any atom is 0.0562 e. The lowest BCUT2D eigenvalue weighted by molar-refractivity contribution is 0.892. The van der Waals surface area contributed by atoms with Gasteiger partial charge in [-0.2, -0.15) is 0 Å². The second-order valence-corrected chi connectivity index (χ2v) is 29.4. The maximum atomic E-state index is 2.57. The van der Waals surface area contributed by atoms with Crippen LogP contribution in [0.4, 0.5) is 0 Å². The minimum atomic E-state index is 0.975. The van der Waals surface area contributed by atoms with E-state index in [1.165, 1.54) is 104 Å². The zero-order valence-electron chi connectivity index (χ0n) is 59.3. The quantitative estimate of drug-likeness (QED) is 0.138. The minimum Gasteiger partial charge on any atom is -0.312 e. The van der Waals surface area contributed by atoms with Gasteiger partial charge in [-0.15, -0.1) is 0 Å². The van der Waals surface area contributed by atoms with Crippen molar-refractivity contribution in [3.63, 3.8) is 0 Å². The van der Waals surface area contributed by atoms with E-state index in [-0.39, 0.29) is 0 Å². The van der Waals surface area contributed by atoms with Gasteiger partial charge in [0.25, 0.3) is 0 Å². The summed E-state index contributed by atoms with van der Waals surface area (Å²) >= 11 is 0. The normalized spacial score (nSPS) is 12.7. The van der Waals surface area contributed by atoms with Crippen molar-refractivity contribution in [1.29, 1.82) is 0 Å². The molecular weight excluding hydrogens is 1320 g/mol. The molecule has 1 aliphatic rings. The van der Waals surface area contributed by atoms with Crippen molar-refractivity contribution < 1.29 is 0 Å². The van der Waals surface area contributed by atoms with Crippen LogP contribution < -0.4 is 0 Å². The molecule has 16 aromatic carbocycles. The summed E-state index contributed by atoms with van der Waals surface area (Å²) < 4.78 is 17.6. The van der Waals surface area contributed by atoms with E-state index in [4.69, 9.17) is 0 Å². The van der Waals surface area contributed by atoms with Crippen molar-refractivity contribution in [3.05, 3.63) is 375 Å². The van der Waals surface area contributed by atoms with Crippen molar-refractivity contribution in [1.82, 2.24) is 32.0 Å². The fraction of sp³-hybridized carbons (Fsp3) is 0.0196. The Morgan fingerprint density at radius 2 is 0.486 bits per heavy atom. The third-order valence-electron chi connectivity index (χ3n) is 23.7.